The summed E-state index contributed by atoms with van der Waals surface area (Å²) in [4.78, 5) is 35.1. The highest BCUT2D eigenvalue weighted by Crippen LogP contribution is 2.08. The first-order chi connectivity index (χ1) is 8.18. The second kappa shape index (κ2) is 4.78. The van der Waals surface area contributed by atoms with Gasteiger partial charge in [-0.3, -0.25) is 19.3 Å². The number of hydrogen-bond acceptors (Lipinski definition) is 3. The summed E-state index contributed by atoms with van der Waals surface area (Å²) in [5, 5.41) is 2.68. The molecule has 0 aromatic heterocycles. The molecule has 2 aliphatic rings. The maximum Gasteiger partial charge on any atom is 0.253 e. The van der Waals surface area contributed by atoms with E-state index in [4.69, 9.17) is 0 Å². The van der Waals surface area contributed by atoms with Crippen LogP contribution in [0.25, 0.3) is 0 Å². The molecular formula is C12H12N2O3. The van der Waals surface area contributed by atoms with E-state index in [1.54, 1.807) is 12.2 Å². The van der Waals surface area contributed by atoms with Crippen LogP contribution < -0.4 is 5.32 Å². The van der Waals surface area contributed by atoms with Crippen molar-refractivity contribution >= 4 is 17.7 Å². The van der Waals surface area contributed by atoms with E-state index in [2.05, 4.69) is 5.32 Å². The molecular weight excluding hydrogens is 220 g/mol. The largest absolute Gasteiger partial charge is 0.354 e. The van der Waals surface area contributed by atoms with Gasteiger partial charge in [-0.05, 0) is 0 Å². The van der Waals surface area contributed by atoms with Gasteiger partial charge in [0, 0.05) is 25.2 Å². The van der Waals surface area contributed by atoms with Crippen LogP contribution in [0.1, 0.15) is 0 Å². The molecule has 1 heterocycles. The highest BCUT2D eigenvalue weighted by Gasteiger charge is 2.23. The summed E-state index contributed by atoms with van der Waals surface area (Å²) in [6.07, 6.45) is 9.63. The number of nitrogens with one attached hydrogen (secondary N) is 1. The molecule has 1 aliphatic heterocycles. The van der Waals surface area contributed by atoms with Crippen LogP contribution in [0.15, 0.2) is 36.5 Å². The molecule has 0 saturated heterocycles. The zero-order valence-corrected chi connectivity index (χ0v) is 9.13. The van der Waals surface area contributed by atoms with Gasteiger partial charge in [0.05, 0.1) is 5.92 Å². The molecule has 5 heteroatoms. The summed E-state index contributed by atoms with van der Waals surface area (Å²) >= 11 is 0. The number of rotatable bonds is 4. The summed E-state index contributed by atoms with van der Waals surface area (Å²) in [6.45, 7) is 0.479. The van der Waals surface area contributed by atoms with Crippen LogP contribution in [0.4, 0.5) is 0 Å². The van der Waals surface area contributed by atoms with Gasteiger partial charge in [0.2, 0.25) is 5.91 Å². The third kappa shape index (κ3) is 2.50. The Morgan fingerprint density at radius 3 is 2.35 bits per heavy atom. The fraction of sp³-hybridized carbons (Fsp3) is 0.250. The SMILES string of the molecule is O=C(NCCN1C(=O)C=CC1=O)C1C=CC=C1. The van der Waals surface area contributed by atoms with Crippen molar-refractivity contribution < 1.29 is 14.4 Å². The van der Waals surface area contributed by atoms with Gasteiger partial charge in [0.1, 0.15) is 0 Å². The summed E-state index contributed by atoms with van der Waals surface area (Å²) < 4.78 is 0. The van der Waals surface area contributed by atoms with E-state index in [-0.39, 0.29) is 36.7 Å². The molecule has 3 amide bonds. The van der Waals surface area contributed by atoms with Gasteiger partial charge in [-0.1, -0.05) is 24.3 Å². The molecule has 0 atom stereocenters. The van der Waals surface area contributed by atoms with Gasteiger partial charge in [-0.15, -0.1) is 0 Å². The minimum absolute atomic E-state index is 0.123. The molecule has 0 aromatic carbocycles. The monoisotopic (exact) mass is 232 g/mol. The summed E-state index contributed by atoms with van der Waals surface area (Å²) in [7, 11) is 0. The molecule has 0 spiro atoms. The topological polar surface area (TPSA) is 66.5 Å². The predicted molar refractivity (Wildman–Crippen MR) is 60.6 cm³/mol. The molecule has 5 nitrogen and oxygen atoms in total. The zero-order valence-electron chi connectivity index (χ0n) is 9.13. The van der Waals surface area contributed by atoms with Gasteiger partial charge in [-0.2, -0.15) is 0 Å². The van der Waals surface area contributed by atoms with Crippen LogP contribution in [-0.2, 0) is 14.4 Å². The summed E-state index contributed by atoms with van der Waals surface area (Å²) in [6, 6.07) is 0. The molecule has 88 valence electrons. The van der Waals surface area contributed by atoms with E-state index in [0.29, 0.717) is 0 Å². The van der Waals surface area contributed by atoms with E-state index in [1.807, 2.05) is 12.2 Å². The minimum atomic E-state index is -0.329. The average Bonchev–Trinajstić information content (AvgIpc) is 2.93. The van der Waals surface area contributed by atoms with E-state index >= 15 is 0 Å². The number of amides is 3. The molecule has 0 bridgehead atoms. The highest BCUT2D eigenvalue weighted by molar-refractivity contribution is 6.12. The summed E-state index contributed by atoms with van der Waals surface area (Å²) in [5.74, 6) is -1.02. The first kappa shape index (κ1) is 11.3. The molecule has 1 aliphatic carbocycles. The van der Waals surface area contributed by atoms with Crippen molar-refractivity contribution in [3.8, 4) is 0 Å². The quantitative estimate of drug-likeness (QED) is 0.681. The Bertz CT molecular complexity index is 419. The van der Waals surface area contributed by atoms with Crippen molar-refractivity contribution in [3.05, 3.63) is 36.5 Å². The van der Waals surface area contributed by atoms with E-state index in [0.717, 1.165) is 4.90 Å². The maximum atomic E-state index is 11.6. The van der Waals surface area contributed by atoms with E-state index in [1.165, 1.54) is 12.2 Å². The van der Waals surface area contributed by atoms with Crippen molar-refractivity contribution in [3.63, 3.8) is 0 Å². The lowest BCUT2D eigenvalue weighted by molar-refractivity contribution is -0.137. The molecule has 0 unspecified atom stereocenters. The Hall–Kier alpha value is -2.17. The van der Waals surface area contributed by atoms with Crippen LogP contribution >= 0.6 is 0 Å². The van der Waals surface area contributed by atoms with Crippen molar-refractivity contribution in [2.75, 3.05) is 13.1 Å². The lowest BCUT2D eigenvalue weighted by Gasteiger charge is -2.14. The number of hydrogen-bond donors (Lipinski definition) is 1. The Kier molecular flexibility index (Phi) is 3.18. The fourth-order valence-corrected chi connectivity index (χ4v) is 1.67. The van der Waals surface area contributed by atoms with Crippen LogP contribution in [-0.4, -0.2) is 35.7 Å². The number of nitrogens with zero attached hydrogens (tertiary/aromatic N) is 1. The number of carbonyl (C=O) groups excluding carboxylic acids is 3. The Morgan fingerprint density at radius 2 is 1.76 bits per heavy atom. The van der Waals surface area contributed by atoms with E-state index < -0.39 is 0 Å². The van der Waals surface area contributed by atoms with Crippen molar-refractivity contribution in [2.24, 2.45) is 5.92 Å². The smallest absolute Gasteiger partial charge is 0.253 e. The maximum absolute atomic E-state index is 11.6. The normalized spacial score (nSPS) is 18.5. The van der Waals surface area contributed by atoms with E-state index in [9.17, 15) is 14.4 Å². The van der Waals surface area contributed by atoms with Crippen LogP contribution in [0.5, 0.6) is 0 Å². The van der Waals surface area contributed by atoms with Gasteiger partial charge in [0.25, 0.3) is 11.8 Å². The predicted octanol–water partition coefficient (Wildman–Crippen LogP) is -0.230. The van der Waals surface area contributed by atoms with Crippen molar-refractivity contribution in [1.29, 1.82) is 0 Å². The van der Waals surface area contributed by atoms with Crippen LogP contribution in [0.2, 0.25) is 0 Å². The average molecular weight is 232 g/mol. The zero-order chi connectivity index (χ0) is 12.3. The standard InChI is InChI=1S/C12H12N2O3/c15-10-5-6-11(16)14(10)8-7-13-12(17)9-3-1-2-4-9/h1-6,9H,7-8H2,(H,13,17). The molecule has 2 rings (SSSR count). The summed E-state index contributed by atoms with van der Waals surface area (Å²) in [5.41, 5.74) is 0. The van der Waals surface area contributed by atoms with Crippen LogP contribution in [0, 0.1) is 5.92 Å². The molecule has 17 heavy (non-hydrogen) atoms. The fourth-order valence-electron chi connectivity index (χ4n) is 1.67. The van der Waals surface area contributed by atoms with Crippen molar-refractivity contribution in [2.45, 2.75) is 0 Å². The van der Waals surface area contributed by atoms with Crippen molar-refractivity contribution in [1.82, 2.24) is 10.2 Å². The number of allylic oxidation sites excluding steroid dienone is 2. The van der Waals surface area contributed by atoms with Gasteiger partial charge in [-0.25, -0.2) is 0 Å². The first-order valence-electron chi connectivity index (χ1n) is 5.35. The third-order valence-electron chi connectivity index (χ3n) is 2.59. The van der Waals surface area contributed by atoms with Gasteiger partial charge in [0.15, 0.2) is 0 Å². The highest BCUT2D eigenvalue weighted by atomic mass is 16.2. The Morgan fingerprint density at radius 1 is 1.18 bits per heavy atom. The number of carbonyl (C=O) groups is 3. The van der Waals surface area contributed by atoms with Crippen LogP contribution in [0.3, 0.4) is 0 Å². The van der Waals surface area contributed by atoms with Gasteiger partial charge >= 0.3 is 0 Å². The molecule has 0 saturated carbocycles. The second-order valence-electron chi connectivity index (χ2n) is 3.75. The molecule has 0 fully saturated rings. The Balaban J connectivity index is 1.74. The molecule has 0 aromatic rings. The second-order valence-corrected chi connectivity index (χ2v) is 3.75. The lowest BCUT2D eigenvalue weighted by Crippen LogP contribution is -2.39. The minimum Gasteiger partial charge on any atom is -0.354 e. The van der Waals surface area contributed by atoms with Gasteiger partial charge < -0.3 is 5.32 Å². The third-order valence-corrected chi connectivity index (χ3v) is 2.59. The first-order valence-corrected chi connectivity index (χ1v) is 5.35. The molecule has 1 N–H and O–H groups in total. The molecule has 0 radical (unpaired) electrons. The number of imide groups is 1. The Labute approximate surface area is 98.5 Å². The lowest BCUT2D eigenvalue weighted by atomic mass is 10.1.